The van der Waals surface area contributed by atoms with E-state index >= 15 is 0 Å². The Balaban J connectivity index is 0.000000354. The molecule has 0 fully saturated rings. The average Bonchev–Trinajstić information content (AvgIpc) is 3.20. The zero-order valence-corrected chi connectivity index (χ0v) is 32.0. The number of oxime groups is 4. The molecule has 0 N–H and O–H groups in total. The zero-order chi connectivity index (χ0) is 38.9. The van der Waals surface area contributed by atoms with Crippen molar-refractivity contribution in [2.45, 2.75) is 25.7 Å². The Hall–Kier alpha value is -6.35. The van der Waals surface area contributed by atoms with Gasteiger partial charge in [-0.2, -0.15) is 5.26 Å². The molecule has 0 aliphatic heterocycles. The van der Waals surface area contributed by atoms with E-state index in [0.29, 0.717) is 5.56 Å². The van der Waals surface area contributed by atoms with Gasteiger partial charge in [-0.3, -0.25) is 0 Å². The number of ether oxygens (including phenoxy) is 2. The molecule has 0 amide bonds. The molecule has 0 aliphatic carbocycles. The number of hydrogen-bond donors (Lipinski definition) is 0. The summed E-state index contributed by atoms with van der Waals surface area (Å²) in [4.78, 5) is 20.3. The summed E-state index contributed by atoms with van der Waals surface area (Å²) >= 11 is 0. The molecule has 0 saturated heterocycles. The van der Waals surface area contributed by atoms with Gasteiger partial charge in [-0.25, -0.2) is 0 Å². The van der Waals surface area contributed by atoms with Crippen LogP contribution in [0.3, 0.4) is 0 Å². The highest BCUT2D eigenvalue weighted by molar-refractivity contribution is 5.63. The second-order valence-electron chi connectivity index (χ2n) is 10.7. The van der Waals surface area contributed by atoms with Gasteiger partial charge in [-0.1, -0.05) is 75.2 Å². The van der Waals surface area contributed by atoms with E-state index in [4.69, 9.17) is 14.7 Å². The van der Waals surface area contributed by atoms with Gasteiger partial charge in [-0.05, 0) is 64.7 Å². The largest absolute Gasteiger partial charge is 0.497 e. The molecule has 0 atom stereocenters. The van der Waals surface area contributed by atoms with Gasteiger partial charge < -0.3 is 33.7 Å². The van der Waals surface area contributed by atoms with E-state index in [1.54, 1.807) is 58.3 Å². The topological polar surface area (TPSA) is 132 Å². The van der Waals surface area contributed by atoms with Crippen LogP contribution >= 0.6 is 0 Å². The maximum Gasteiger partial charge on any atom is 0.122 e. The van der Waals surface area contributed by atoms with Gasteiger partial charge in [0.15, 0.2) is 0 Å². The van der Waals surface area contributed by atoms with Gasteiger partial charge >= 0.3 is 0 Å². The predicted octanol–water partition coefficient (Wildman–Crippen LogP) is 7.40. The minimum atomic E-state index is 0.674. The quantitative estimate of drug-likeness (QED) is 0.0916. The van der Waals surface area contributed by atoms with E-state index in [1.807, 2.05) is 74.8 Å². The van der Waals surface area contributed by atoms with Crippen molar-refractivity contribution < 1.29 is 28.8 Å². The lowest BCUT2D eigenvalue weighted by Crippen LogP contribution is -2.08. The highest BCUT2D eigenvalue weighted by atomic mass is 16.6. The first-order valence-corrected chi connectivity index (χ1v) is 16.6. The van der Waals surface area contributed by atoms with Crippen molar-refractivity contribution in [1.82, 2.24) is 0 Å². The number of nitriles is 1. The van der Waals surface area contributed by atoms with Crippen molar-refractivity contribution in [2.75, 3.05) is 61.7 Å². The number of anilines is 1. The van der Waals surface area contributed by atoms with Crippen molar-refractivity contribution >= 4 is 30.5 Å². The van der Waals surface area contributed by atoms with Gasteiger partial charge in [0, 0.05) is 70.3 Å². The van der Waals surface area contributed by atoms with Crippen LogP contribution in [-0.2, 0) is 45.0 Å². The van der Waals surface area contributed by atoms with Gasteiger partial charge in [0.1, 0.15) is 39.9 Å². The van der Waals surface area contributed by atoms with Crippen LogP contribution in [0, 0.1) is 11.3 Å². The van der Waals surface area contributed by atoms with Crippen molar-refractivity contribution in [3.63, 3.8) is 0 Å². The summed E-state index contributed by atoms with van der Waals surface area (Å²) in [5.41, 5.74) is 6.51. The van der Waals surface area contributed by atoms with Crippen LogP contribution in [-0.4, -0.2) is 81.6 Å². The molecule has 0 bridgehead atoms. The highest BCUT2D eigenvalue weighted by Gasteiger charge is 1.98. The van der Waals surface area contributed by atoms with E-state index in [0.717, 1.165) is 48.3 Å². The summed E-state index contributed by atoms with van der Waals surface area (Å²) in [6.07, 6.45) is 9.89. The molecule has 4 aromatic rings. The summed E-state index contributed by atoms with van der Waals surface area (Å²) in [5.74, 6) is 1.75. The van der Waals surface area contributed by atoms with Crippen LogP contribution in [0.15, 0.2) is 118 Å². The molecule has 12 heteroatoms. The molecular formula is C41H52N6O6. The van der Waals surface area contributed by atoms with Gasteiger partial charge in [0.25, 0.3) is 0 Å². The first-order chi connectivity index (χ1) is 25.8. The first-order valence-electron chi connectivity index (χ1n) is 16.6. The highest BCUT2D eigenvalue weighted by Crippen LogP contribution is 2.17. The van der Waals surface area contributed by atoms with E-state index in [-0.39, 0.29) is 0 Å². The SMILES string of the molecule is CON=CCc1ccc(C#N)cc1.CON=CCc1ccc(N(C)C)cc1.CON=CCc1ccc(OC)cc1.CON=CCc1ccccc1OC. The minimum Gasteiger partial charge on any atom is -0.497 e. The van der Waals surface area contributed by atoms with Crippen molar-refractivity contribution in [3.8, 4) is 17.6 Å². The Labute approximate surface area is 314 Å². The number of nitrogens with zero attached hydrogens (tertiary/aromatic N) is 6. The third-order valence-corrected chi connectivity index (χ3v) is 6.90. The molecule has 0 heterocycles. The van der Waals surface area contributed by atoms with Crippen molar-refractivity contribution in [3.05, 3.63) is 125 Å². The Morgan fingerprint density at radius 3 is 1.34 bits per heavy atom. The number of para-hydroxylation sites is 1. The fourth-order valence-corrected chi connectivity index (χ4v) is 4.14. The fourth-order valence-electron chi connectivity index (χ4n) is 4.14. The second-order valence-corrected chi connectivity index (χ2v) is 10.7. The molecule has 0 radical (unpaired) electrons. The minimum absolute atomic E-state index is 0.674. The molecule has 0 spiro atoms. The lowest BCUT2D eigenvalue weighted by atomic mass is 10.1. The predicted molar refractivity (Wildman–Crippen MR) is 215 cm³/mol. The Bertz CT molecular complexity index is 1670. The van der Waals surface area contributed by atoms with Crippen LogP contribution in [0.25, 0.3) is 0 Å². The van der Waals surface area contributed by atoms with Crippen LogP contribution in [0.4, 0.5) is 5.69 Å². The molecule has 0 unspecified atom stereocenters. The van der Waals surface area contributed by atoms with E-state index in [1.165, 1.54) is 38.1 Å². The molecule has 4 rings (SSSR count). The summed E-state index contributed by atoms with van der Waals surface area (Å²) < 4.78 is 10.2. The fraction of sp³-hybridized carbons (Fsp3) is 0.293. The lowest BCUT2D eigenvalue weighted by molar-refractivity contribution is 0.214. The Morgan fingerprint density at radius 2 is 0.943 bits per heavy atom. The maximum atomic E-state index is 8.55. The van der Waals surface area contributed by atoms with E-state index in [9.17, 15) is 0 Å². The van der Waals surface area contributed by atoms with Gasteiger partial charge in [0.05, 0.1) is 25.9 Å². The number of methoxy groups -OCH3 is 2. The first kappa shape index (κ1) is 44.7. The molecule has 0 aliphatic rings. The third-order valence-electron chi connectivity index (χ3n) is 6.90. The summed E-state index contributed by atoms with van der Waals surface area (Å²) in [5, 5.41) is 23.2. The maximum absolute atomic E-state index is 8.55. The van der Waals surface area contributed by atoms with Gasteiger partial charge in [0.2, 0.25) is 0 Å². The van der Waals surface area contributed by atoms with Crippen LogP contribution in [0.5, 0.6) is 11.5 Å². The second kappa shape index (κ2) is 29.4. The summed E-state index contributed by atoms with van der Waals surface area (Å²) in [7, 11) is 13.5. The van der Waals surface area contributed by atoms with Crippen molar-refractivity contribution in [2.24, 2.45) is 20.6 Å². The molecule has 282 valence electrons. The van der Waals surface area contributed by atoms with Crippen LogP contribution < -0.4 is 14.4 Å². The van der Waals surface area contributed by atoms with E-state index in [2.05, 4.69) is 75.2 Å². The Morgan fingerprint density at radius 1 is 0.528 bits per heavy atom. The number of rotatable bonds is 15. The van der Waals surface area contributed by atoms with E-state index < -0.39 is 0 Å². The summed E-state index contributed by atoms with van der Waals surface area (Å²) in [6, 6.07) is 33.5. The lowest BCUT2D eigenvalue weighted by Gasteiger charge is -2.12. The zero-order valence-electron chi connectivity index (χ0n) is 32.0. The normalized spacial score (nSPS) is 10.2. The van der Waals surface area contributed by atoms with Crippen molar-refractivity contribution in [1.29, 1.82) is 5.26 Å². The number of benzene rings is 4. The molecule has 4 aromatic carbocycles. The molecular weight excluding hydrogens is 672 g/mol. The number of hydrogen-bond acceptors (Lipinski definition) is 12. The van der Waals surface area contributed by atoms with Crippen LogP contribution in [0.1, 0.15) is 27.8 Å². The molecule has 0 aromatic heterocycles. The van der Waals surface area contributed by atoms with Gasteiger partial charge in [-0.15, -0.1) is 0 Å². The van der Waals surface area contributed by atoms with Crippen LogP contribution in [0.2, 0.25) is 0 Å². The Kier molecular flexibility index (Phi) is 24.8. The monoisotopic (exact) mass is 724 g/mol. The summed E-state index contributed by atoms with van der Waals surface area (Å²) in [6.45, 7) is 0. The third kappa shape index (κ3) is 20.8. The standard InChI is InChI=1S/C11H16N2O.C10H10N2O.2C10H13NO2/c1-13(2)11-6-4-10(5-7-11)8-9-12-14-3;1-13-12-7-6-9-2-4-10(8-11)5-3-9;1-12-10-5-3-9(4-6-10)7-8-11-13-2;1-12-10-6-4-3-5-9(10)7-8-11-13-2/h4-7,9H,8H2,1-3H3;2-5,7H,6H2,1H3;2*3-6,8H,7H2,1-2H3. The smallest absolute Gasteiger partial charge is 0.122 e. The molecule has 12 nitrogen and oxygen atoms in total. The molecule has 0 saturated carbocycles. The molecule has 53 heavy (non-hydrogen) atoms. The average molecular weight is 725 g/mol.